The standard InChI is InChI=1S/C18H18N4O5S3/c1-22(2)30(26,27)16-5-3-4-13(12-16)17(23)20-14-6-8-15(9-7-14)29(24,25)21-18-19-10-11-28-18/h3-12H,1-2H3,(H,19,21)(H,20,23). The Morgan fingerprint density at radius 2 is 1.70 bits per heavy atom. The van der Waals surface area contributed by atoms with E-state index in [0.29, 0.717) is 5.69 Å². The quantitative estimate of drug-likeness (QED) is 0.551. The van der Waals surface area contributed by atoms with Crippen molar-refractivity contribution in [3.8, 4) is 0 Å². The van der Waals surface area contributed by atoms with Gasteiger partial charge in [0.25, 0.3) is 15.9 Å². The Morgan fingerprint density at radius 3 is 2.30 bits per heavy atom. The molecule has 0 saturated heterocycles. The normalized spacial score (nSPS) is 12.0. The average molecular weight is 467 g/mol. The minimum atomic E-state index is -3.80. The van der Waals surface area contributed by atoms with Crippen LogP contribution < -0.4 is 10.0 Å². The van der Waals surface area contributed by atoms with Gasteiger partial charge in [0.1, 0.15) is 0 Å². The monoisotopic (exact) mass is 466 g/mol. The molecule has 0 atom stereocenters. The Labute approximate surface area is 178 Å². The third-order valence-electron chi connectivity index (χ3n) is 3.95. The molecule has 1 amide bonds. The zero-order valence-corrected chi connectivity index (χ0v) is 18.4. The molecular weight excluding hydrogens is 448 g/mol. The fourth-order valence-corrected chi connectivity index (χ4v) is 5.11. The van der Waals surface area contributed by atoms with Crippen LogP contribution in [0.15, 0.2) is 69.9 Å². The van der Waals surface area contributed by atoms with E-state index in [1.165, 1.54) is 68.8 Å². The molecule has 9 nitrogen and oxygen atoms in total. The van der Waals surface area contributed by atoms with E-state index in [1.807, 2.05) is 0 Å². The summed E-state index contributed by atoms with van der Waals surface area (Å²) in [7, 11) is -4.66. The second-order valence-electron chi connectivity index (χ2n) is 6.24. The lowest BCUT2D eigenvalue weighted by molar-refractivity contribution is 0.102. The highest BCUT2D eigenvalue weighted by Gasteiger charge is 2.19. The van der Waals surface area contributed by atoms with Gasteiger partial charge < -0.3 is 5.32 Å². The summed E-state index contributed by atoms with van der Waals surface area (Å²) in [6.45, 7) is 0. The molecule has 158 valence electrons. The van der Waals surface area contributed by atoms with Gasteiger partial charge in [-0.2, -0.15) is 0 Å². The van der Waals surface area contributed by atoms with E-state index in [4.69, 9.17) is 0 Å². The number of nitrogens with one attached hydrogen (secondary N) is 2. The van der Waals surface area contributed by atoms with Gasteiger partial charge in [-0.25, -0.2) is 26.1 Å². The topological polar surface area (TPSA) is 126 Å². The van der Waals surface area contributed by atoms with Crippen molar-refractivity contribution < 1.29 is 21.6 Å². The van der Waals surface area contributed by atoms with Crippen molar-refractivity contribution >= 4 is 48.1 Å². The molecule has 0 bridgehead atoms. The summed E-state index contributed by atoms with van der Waals surface area (Å²) in [5.74, 6) is -0.526. The van der Waals surface area contributed by atoms with Gasteiger partial charge in [0.15, 0.2) is 5.13 Å². The molecule has 3 aromatic rings. The number of hydrogen-bond acceptors (Lipinski definition) is 7. The first-order valence-electron chi connectivity index (χ1n) is 8.46. The number of nitrogens with zero attached hydrogens (tertiary/aromatic N) is 2. The van der Waals surface area contributed by atoms with Crippen LogP contribution in [0, 0.1) is 0 Å². The molecule has 0 spiro atoms. The van der Waals surface area contributed by atoms with Crippen LogP contribution in [0.1, 0.15) is 10.4 Å². The first kappa shape index (κ1) is 21.9. The van der Waals surface area contributed by atoms with Crippen molar-refractivity contribution in [1.82, 2.24) is 9.29 Å². The number of carbonyl (C=O) groups is 1. The molecule has 30 heavy (non-hydrogen) atoms. The molecular formula is C18H18N4O5S3. The van der Waals surface area contributed by atoms with Crippen molar-refractivity contribution in [1.29, 1.82) is 0 Å². The Bertz CT molecular complexity index is 1250. The van der Waals surface area contributed by atoms with Crippen LogP contribution in [-0.4, -0.2) is 46.1 Å². The van der Waals surface area contributed by atoms with Gasteiger partial charge in [-0.15, -0.1) is 11.3 Å². The van der Waals surface area contributed by atoms with Gasteiger partial charge in [0.05, 0.1) is 9.79 Å². The third-order valence-corrected chi connectivity index (χ3v) is 7.93. The summed E-state index contributed by atoms with van der Waals surface area (Å²) in [6, 6.07) is 11.2. The van der Waals surface area contributed by atoms with E-state index in [9.17, 15) is 21.6 Å². The smallest absolute Gasteiger partial charge is 0.263 e. The molecule has 2 aromatic carbocycles. The summed E-state index contributed by atoms with van der Waals surface area (Å²) in [4.78, 5) is 16.4. The summed E-state index contributed by atoms with van der Waals surface area (Å²) in [5.41, 5.74) is 0.508. The fraction of sp³-hybridized carbons (Fsp3) is 0.111. The van der Waals surface area contributed by atoms with Crippen LogP contribution >= 0.6 is 11.3 Å². The Morgan fingerprint density at radius 1 is 1.00 bits per heavy atom. The molecule has 0 radical (unpaired) electrons. The lowest BCUT2D eigenvalue weighted by atomic mass is 10.2. The molecule has 2 N–H and O–H groups in total. The predicted molar refractivity (Wildman–Crippen MR) is 115 cm³/mol. The molecule has 12 heteroatoms. The first-order valence-corrected chi connectivity index (χ1v) is 12.3. The van der Waals surface area contributed by atoms with Gasteiger partial charge in [0.2, 0.25) is 10.0 Å². The Balaban J connectivity index is 1.75. The van der Waals surface area contributed by atoms with Crippen LogP contribution in [0.5, 0.6) is 0 Å². The highest BCUT2D eigenvalue weighted by Crippen LogP contribution is 2.20. The minimum absolute atomic E-state index is 0.00477. The highest BCUT2D eigenvalue weighted by molar-refractivity contribution is 7.93. The van der Waals surface area contributed by atoms with Crippen LogP contribution in [0.25, 0.3) is 0 Å². The summed E-state index contributed by atoms with van der Waals surface area (Å²) in [5, 5.41) is 4.52. The summed E-state index contributed by atoms with van der Waals surface area (Å²) >= 11 is 1.15. The second kappa shape index (κ2) is 8.52. The number of benzene rings is 2. The molecule has 0 unspecified atom stereocenters. The van der Waals surface area contributed by atoms with Crippen LogP contribution in [0.2, 0.25) is 0 Å². The maximum absolute atomic E-state index is 12.5. The van der Waals surface area contributed by atoms with Crippen molar-refractivity contribution in [2.75, 3.05) is 24.1 Å². The minimum Gasteiger partial charge on any atom is -0.322 e. The van der Waals surface area contributed by atoms with Crippen molar-refractivity contribution in [2.24, 2.45) is 0 Å². The molecule has 0 aliphatic heterocycles. The van der Waals surface area contributed by atoms with E-state index in [2.05, 4.69) is 15.0 Å². The van der Waals surface area contributed by atoms with E-state index < -0.39 is 26.0 Å². The van der Waals surface area contributed by atoms with E-state index >= 15 is 0 Å². The number of sulfonamides is 2. The maximum atomic E-state index is 12.5. The van der Waals surface area contributed by atoms with Crippen molar-refractivity contribution in [3.63, 3.8) is 0 Å². The lowest BCUT2D eigenvalue weighted by Gasteiger charge is -2.12. The van der Waals surface area contributed by atoms with Crippen molar-refractivity contribution in [3.05, 3.63) is 65.7 Å². The van der Waals surface area contributed by atoms with Crippen LogP contribution in [0.4, 0.5) is 10.8 Å². The average Bonchev–Trinajstić information content (AvgIpc) is 3.20. The number of carbonyl (C=O) groups excluding carboxylic acids is 1. The lowest BCUT2D eigenvalue weighted by Crippen LogP contribution is -2.22. The van der Waals surface area contributed by atoms with Crippen LogP contribution in [-0.2, 0) is 20.0 Å². The number of anilines is 2. The van der Waals surface area contributed by atoms with Crippen molar-refractivity contribution in [2.45, 2.75) is 9.79 Å². The third kappa shape index (κ3) is 4.84. The van der Waals surface area contributed by atoms with Gasteiger partial charge in [0, 0.05) is 36.9 Å². The SMILES string of the molecule is CN(C)S(=O)(=O)c1cccc(C(=O)Nc2ccc(S(=O)(=O)Nc3nccs3)cc2)c1. The number of amides is 1. The molecule has 0 aliphatic carbocycles. The largest absolute Gasteiger partial charge is 0.322 e. The number of hydrogen-bond donors (Lipinski definition) is 2. The predicted octanol–water partition coefficient (Wildman–Crippen LogP) is 2.45. The van der Waals surface area contributed by atoms with Gasteiger partial charge in [-0.1, -0.05) is 6.07 Å². The Hall–Kier alpha value is -2.80. The maximum Gasteiger partial charge on any atom is 0.263 e. The van der Waals surface area contributed by atoms with Crippen LogP contribution in [0.3, 0.4) is 0 Å². The summed E-state index contributed by atoms with van der Waals surface area (Å²) < 4.78 is 52.6. The van der Waals surface area contributed by atoms with E-state index in [0.717, 1.165) is 15.6 Å². The van der Waals surface area contributed by atoms with Gasteiger partial charge in [-0.3, -0.25) is 9.52 Å². The molecule has 0 fully saturated rings. The number of aromatic nitrogens is 1. The second-order valence-corrected chi connectivity index (χ2v) is 11.0. The fourth-order valence-electron chi connectivity index (χ4n) is 2.38. The molecule has 0 saturated carbocycles. The van der Waals surface area contributed by atoms with Gasteiger partial charge in [-0.05, 0) is 42.5 Å². The van der Waals surface area contributed by atoms with Gasteiger partial charge >= 0.3 is 0 Å². The zero-order valence-electron chi connectivity index (χ0n) is 15.9. The summed E-state index contributed by atoms with van der Waals surface area (Å²) in [6.07, 6.45) is 1.49. The molecule has 1 aromatic heterocycles. The number of thiazole rings is 1. The van der Waals surface area contributed by atoms with E-state index in [1.54, 1.807) is 5.38 Å². The first-order chi connectivity index (χ1) is 14.1. The molecule has 0 aliphatic rings. The highest BCUT2D eigenvalue weighted by atomic mass is 32.2. The van der Waals surface area contributed by atoms with E-state index in [-0.39, 0.29) is 20.5 Å². The number of rotatable bonds is 7. The zero-order chi connectivity index (χ0) is 21.9. The molecule has 1 heterocycles. The molecule has 3 rings (SSSR count). The Kier molecular flexibility index (Phi) is 6.22.